The van der Waals surface area contributed by atoms with Crippen LogP contribution in [0.4, 0.5) is 11.4 Å². The summed E-state index contributed by atoms with van der Waals surface area (Å²) in [6.07, 6.45) is -1.01. The molecule has 1 N–H and O–H groups in total. The van der Waals surface area contributed by atoms with Crippen molar-refractivity contribution < 1.29 is 19.2 Å². The maximum Gasteiger partial charge on any atom is 0.338 e. The predicted molar refractivity (Wildman–Crippen MR) is 92.5 cm³/mol. The Labute approximate surface area is 144 Å². The van der Waals surface area contributed by atoms with Gasteiger partial charge in [-0.3, -0.25) is 14.9 Å². The molecule has 0 radical (unpaired) electrons. The number of nitrogens with zero attached hydrogens (tertiary/aromatic N) is 1. The highest BCUT2D eigenvalue weighted by molar-refractivity contribution is 5.97. The Hall–Kier alpha value is -3.22. The number of rotatable bonds is 5. The highest BCUT2D eigenvalue weighted by atomic mass is 16.6. The van der Waals surface area contributed by atoms with Gasteiger partial charge in [-0.15, -0.1) is 0 Å². The third-order valence-corrected chi connectivity index (χ3v) is 3.57. The molecule has 0 saturated carbocycles. The van der Waals surface area contributed by atoms with Crippen molar-refractivity contribution in [3.8, 4) is 0 Å². The Morgan fingerprint density at radius 1 is 1.16 bits per heavy atom. The van der Waals surface area contributed by atoms with Gasteiger partial charge < -0.3 is 10.1 Å². The number of esters is 1. The van der Waals surface area contributed by atoms with Crippen molar-refractivity contribution in [1.29, 1.82) is 0 Å². The van der Waals surface area contributed by atoms with Crippen molar-refractivity contribution in [1.82, 2.24) is 0 Å². The number of nitrogens with one attached hydrogen (secondary N) is 1. The molecular weight excluding hydrogens is 324 g/mol. The number of amides is 1. The molecular formula is C18H18N2O5. The van der Waals surface area contributed by atoms with E-state index in [1.54, 1.807) is 18.2 Å². The van der Waals surface area contributed by atoms with E-state index >= 15 is 0 Å². The van der Waals surface area contributed by atoms with E-state index in [2.05, 4.69) is 5.32 Å². The third-order valence-electron chi connectivity index (χ3n) is 3.57. The lowest BCUT2D eigenvalue weighted by Gasteiger charge is -2.14. The van der Waals surface area contributed by atoms with Crippen LogP contribution in [0.1, 0.15) is 28.4 Å². The summed E-state index contributed by atoms with van der Waals surface area (Å²) in [6.45, 7) is 4.89. The van der Waals surface area contributed by atoms with Crippen LogP contribution in [0, 0.1) is 24.0 Å². The molecule has 0 aliphatic heterocycles. The fourth-order valence-corrected chi connectivity index (χ4v) is 2.24. The molecule has 0 aliphatic carbocycles. The van der Waals surface area contributed by atoms with Crippen molar-refractivity contribution in [2.24, 2.45) is 0 Å². The normalized spacial score (nSPS) is 11.5. The second-order valence-corrected chi connectivity index (χ2v) is 5.66. The van der Waals surface area contributed by atoms with Crippen LogP contribution in [0.5, 0.6) is 0 Å². The SMILES string of the molecule is Cc1cccc(NC(=O)[C@H](C)OC(=O)c2ccc([N+](=O)[O-])c(C)c2)c1. The molecule has 2 aromatic carbocycles. The van der Waals surface area contributed by atoms with Crippen LogP contribution >= 0.6 is 0 Å². The summed E-state index contributed by atoms with van der Waals surface area (Å²) in [4.78, 5) is 34.5. The lowest BCUT2D eigenvalue weighted by molar-refractivity contribution is -0.385. The molecule has 0 heterocycles. The van der Waals surface area contributed by atoms with Gasteiger partial charge in [0.05, 0.1) is 10.5 Å². The van der Waals surface area contributed by atoms with Crippen LogP contribution in [0.3, 0.4) is 0 Å². The number of nitro benzene ring substituents is 1. The quantitative estimate of drug-likeness (QED) is 0.510. The van der Waals surface area contributed by atoms with E-state index in [0.717, 1.165) is 5.56 Å². The van der Waals surface area contributed by atoms with Crippen molar-refractivity contribution in [2.75, 3.05) is 5.32 Å². The van der Waals surface area contributed by atoms with E-state index in [9.17, 15) is 19.7 Å². The van der Waals surface area contributed by atoms with Crippen molar-refractivity contribution in [2.45, 2.75) is 26.9 Å². The van der Waals surface area contributed by atoms with E-state index in [4.69, 9.17) is 4.74 Å². The van der Waals surface area contributed by atoms with Gasteiger partial charge in [-0.2, -0.15) is 0 Å². The van der Waals surface area contributed by atoms with Gasteiger partial charge >= 0.3 is 5.97 Å². The highest BCUT2D eigenvalue weighted by Crippen LogP contribution is 2.19. The highest BCUT2D eigenvalue weighted by Gasteiger charge is 2.20. The van der Waals surface area contributed by atoms with E-state index in [1.165, 1.54) is 32.0 Å². The Balaban J connectivity index is 2.03. The number of hydrogen-bond donors (Lipinski definition) is 1. The number of carbonyl (C=O) groups is 2. The standard InChI is InChI=1S/C18H18N2O5/c1-11-5-4-6-15(9-11)19-17(21)13(3)25-18(22)14-7-8-16(20(23)24)12(2)10-14/h4-10,13H,1-3H3,(H,19,21)/t13-/m0/s1. The van der Waals surface area contributed by atoms with Crippen LogP contribution < -0.4 is 5.32 Å². The lowest BCUT2D eigenvalue weighted by Crippen LogP contribution is -2.30. The van der Waals surface area contributed by atoms with Gasteiger partial charge in [-0.05, 0) is 50.6 Å². The Kier molecular flexibility index (Phi) is 5.49. The second-order valence-electron chi connectivity index (χ2n) is 5.66. The molecule has 0 aliphatic rings. The van der Waals surface area contributed by atoms with Gasteiger partial charge in [0, 0.05) is 17.3 Å². The maximum absolute atomic E-state index is 12.1. The van der Waals surface area contributed by atoms with E-state index in [1.807, 2.05) is 13.0 Å². The molecule has 0 unspecified atom stereocenters. The minimum Gasteiger partial charge on any atom is -0.449 e. The van der Waals surface area contributed by atoms with Crippen molar-refractivity contribution >= 4 is 23.3 Å². The van der Waals surface area contributed by atoms with Crippen LogP contribution in [0.25, 0.3) is 0 Å². The van der Waals surface area contributed by atoms with Gasteiger partial charge in [-0.25, -0.2) is 4.79 Å². The Morgan fingerprint density at radius 3 is 2.48 bits per heavy atom. The first kappa shape index (κ1) is 18.1. The third kappa shape index (κ3) is 4.63. The second kappa shape index (κ2) is 7.57. The molecule has 2 rings (SSSR count). The molecule has 130 valence electrons. The number of ether oxygens (including phenoxy) is 1. The smallest absolute Gasteiger partial charge is 0.338 e. The first-order valence-electron chi connectivity index (χ1n) is 7.61. The number of benzene rings is 2. The molecule has 1 amide bonds. The van der Waals surface area contributed by atoms with E-state index < -0.39 is 22.9 Å². The van der Waals surface area contributed by atoms with Crippen LogP contribution in [0.2, 0.25) is 0 Å². The summed E-state index contributed by atoms with van der Waals surface area (Å²) >= 11 is 0. The zero-order valence-corrected chi connectivity index (χ0v) is 14.1. The summed E-state index contributed by atoms with van der Waals surface area (Å²) in [7, 11) is 0. The minimum atomic E-state index is -1.01. The van der Waals surface area contributed by atoms with Crippen molar-refractivity contribution in [3.05, 3.63) is 69.3 Å². The molecule has 0 spiro atoms. The number of hydrogen-bond acceptors (Lipinski definition) is 5. The monoisotopic (exact) mass is 342 g/mol. The molecule has 2 aromatic rings. The summed E-state index contributed by atoms with van der Waals surface area (Å²) in [5.74, 6) is -1.18. The van der Waals surface area contributed by atoms with Gasteiger partial charge in [-0.1, -0.05) is 12.1 Å². The van der Waals surface area contributed by atoms with E-state index in [0.29, 0.717) is 11.3 Å². The molecule has 0 bridgehead atoms. The zero-order chi connectivity index (χ0) is 18.6. The predicted octanol–water partition coefficient (Wildman–Crippen LogP) is 3.40. The van der Waals surface area contributed by atoms with Gasteiger partial charge in [0.2, 0.25) is 0 Å². The fraction of sp³-hybridized carbons (Fsp3) is 0.222. The largest absolute Gasteiger partial charge is 0.449 e. The molecule has 0 saturated heterocycles. The Bertz CT molecular complexity index is 832. The summed E-state index contributed by atoms with van der Waals surface area (Å²) in [5, 5.41) is 13.5. The average Bonchev–Trinajstić information content (AvgIpc) is 2.54. The molecule has 25 heavy (non-hydrogen) atoms. The minimum absolute atomic E-state index is 0.0817. The zero-order valence-electron chi connectivity index (χ0n) is 14.1. The number of nitro groups is 1. The summed E-state index contributed by atoms with van der Waals surface area (Å²) < 4.78 is 5.14. The molecule has 1 atom stereocenters. The van der Waals surface area contributed by atoms with Crippen LogP contribution in [0.15, 0.2) is 42.5 Å². The van der Waals surface area contributed by atoms with Gasteiger partial charge in [0.1, 0.15) is 0 Å². The van der Waals surface area contributed by atoms with Gasteiger partial charge in [0.15, 0.2) is 6.10 Å². The summed E-state index contributed by atoms with van der Waals surface area (Å²) in [6, 6.07) is 11.1. The molecule has 7 nitrogen and oxygen atoms in total. The number of carbonyl (C=O) groups excluding carboxylic acids is 2. The lowest BCUT2D eigenvalue weighted by atomic mass is 10.1. The first-order valence-corrected chi connectivity index (χ1v) is 7.61. The summed E-state index contributed by atoms with van der Waals surface area (Å²) in [5.41, 5.74) is 2.01. The topological polar surface area (TPSA) is 98.5 Å². The average molecular weight is 342 g/mol. The maximum atomic E-state index is 12.1. The number of aryl methyl sites for hydroxylation is 2. The van der Waals surface area contributed by atoms with Crippen LogP contribution in [-0.2, 0) is 9.53 Å². The molecule has 0 fully saturated rings. The van der Waals surface area contributed by atoms with E-state index in [-0.39, 0.29) is 11.3 Å². The molecule has 0 aromatic heterocycles. The fourth-order valence-electron chi connectivity index (χ4n) is 2.24. The molecule has 7 heteroatoms. The van der Waals surface area contributed by atoms with Crippen LogP contribution in [-0.4, -0.2) is 22.9 Å². The number of anilines is 1. The van der Waals surface area contributed by atoms with Gasteiger partial charge in [0.25, 0.3) is 11.6 Å². The first-order chi connectivity index (χ1) is 11.8. The van der Waals surface area contributed by atoms with Crippen molar-refractivity contribution in [3.63, 3.8) is 0 Å². The Morgan fingerprint density at radius 2 is 1.88 bits per heavy atom.